The minimum absolute atomic E-state index is 0.158. The lowest BCUT2D eigenvalue weighted by atomic mass is 10.0. The number of nitrogens with two attached hydrogens (primary N) is 1. The molecular weight excluding hydrogens is 274 g/mol. The van der Waals surface area contributed by atoms with E-state index in [-0.39, 0.29) is 17.0 Å². The molecule has 2 N–H and O–H groups in total. The van der Waals surface area contributed by atoms with Crippen molar-refractivity contribution in [2.75, 3.05) is 5.73 Å². The molecule has 2 aromatic carbocycles. The Morgan fingerprint density at radius 2 is 1.75 bits per heavy atom. The Bertz CT molecular complexity index is 638. The van der Waals surface area contributed by atoms with Crippen LogP contribution in [0.5, 0.6) is 5.75 Å². The lowest BCUT2D eigenvalue weighted by Gasteiger charge is -2.14. The normalized spacial score (nSPS) is 11.4. The van der Waals surface area contributed by atoms with Crippen molar-refractivity contribution in [1.82, 2.24) is 0 Å². The highest BCUT2D eigenvalue weighted by Crippen LogP contribution is 2.35. The summed E-state index contributed by atoms with van der Waals surface area (Å²) >= 11 is 0. The first kappa shape index (κ1) is 14.2. The smallest absolute Gasteiger partial charge is 0.405 e. The van der Waals surface area contributed by atoms with E-state index < -0.39 is 12.2 Å². The second-order valence-corrected chi connectivity index (χ2v) is 4.27. The molecule has 2 nitrogen and oxygen atoms in total. The van der Waals surface area contributed by atoms with Crippen molar-refractivity contribution >= 4 is 5.69 Å². The van der Waals surface area contributed by atoms with Crippen molar-refractivity contribution in [2.45, 2.75) is 13.3 Å². The molecule has 0 bridgehead atoms. The van der Waals surface area contributed by atoms with E-state index in [1.165, 1.54) is 37.3 Å². The van der Waals surface area contributed by atoms with Crippen LogP contribution in [0.3, 0.4) is 0 Å². The van der Waals surface area contributed by atoms with Crippen molar-refractivity contribution in [2.24, 2.45) is 0 Å². The Kier molecular flexibility index (Phi) is 3.57. The molecule has 106 valence electrons. The van der Waals surface area contributed by atoms with Crippen LogP contribution in [0.1, 0.15) is 5.56 Å². The van der Waals surface area contributed by atoms with Crippen LogP contribution in [-0.4, -0.2) is 6.36 Å². The highest BCUT2D eigenvalue weighted by molar-refractivity contribution is 5.74. The van der Waals surface area contributed by atoms with Crippen LogP contribution in [0, 0.1) is 12.7 Å². The molecule has 0 heterocycles. The highest BCUT2D eigenvalue weighted by atomic mass is 19.4. The summed E-state index contributed by atoms with van der Waals surface area (Å²) < 4.78 is 54.3. The van der Waals surface area contributed by atoms with Gasteiger partial charge in [-0.05, 0) is 48.4 Å². The monoisotopic (exact) mass is 285 g/mol. The summed E-state index contributed by atoms with van der Waals surface area (Å²) in [6.07, 6.45) is -4.81. The van der Waals surface area contributed by atoms with Crippen molar-refractivity contribution in [3.05, 3.63) is 47.8 Å². The molecule has 0 aromatic heterocycles. The van der Waals surface area contributed by atoms with Gasteiger partial charge in [0.25, 0.3) is 0 Å². The first-order valence-electron chi connectivity index (χ1n) is 5.68. The van der Waals surface area contributed by atoms with Crippen molar-refractivity contribution < 1.29 is 22.3 Å². The second kappa shape index (κ2) is 5.03. The van der Waals surface area contributed by atoms with Crippen LogP contribution in [0.4, 0.5) is 23.2 Å². The molecule has 0 atom stereocenters. The molecule has 6 heteroatoms. The zero-order chi connectivity index (χ0) is 14.9. The van der Waals surface area contributed by atoms with Crippen molar-refractivity contribution in [3.63, 3.8) is 0 Å². The molecule has 2 aromatic rings. The first-order chi connectivity index (χ1) is 9.26. The lowest BCUT2D eigenvalue weighted by molar-refractivity contribution is -0.274. The predicted octanol–water partition coefficient (Wildman–Crippen LogP) is 4.28. The van der Waals surface area contributed by atoms with E-state index in [0.717, 1.165) is 6.07 Å². The number of alkyl halides is 3. The van der Waals surface area contributed by atoms with E-state index in [0.29, 0.717) is 11.1 Å². The zero-order valence-corrected chi connectivity index (χ0v) is 10.5. The second-order valence-electron chi connectivity index (χ2n) is 4.27. The summed E-state index contributed by atoms with van der Waals surface area (Å²) in [6.45, 7) is 1.52. The van der Waals surface area contributed by atoms with Crippen molar-refractivity contribution in [3.8, 4) is 16.9 Å². The summed E-state index contributed by atoms with van der Waals surface area (Å²) in [5.74, 6) is -0.811. The maximum absolute atomic E-state index is 13.2. The molecule has 0 spiro atoms. The van der Waals surface area contributed by atoms with E-state index in [1.54, 1.807) is 0 Å². The fraction of sp³-hybridized carbons (Fsp3) is 0.143. The summed E-state index contributed by atoms with van der Waals surface area (Å²) in [5, 5.41) is 0. The molecule has 20 heavy (non-hydrogen) atoms. The van der Waals surface area contributed by atoms with Crippen LogP contribution in [0.15, 0.2) is 36.4 Å². The van der Waals surface area contributed by atoms with Crippen LogP contribution >= 0.6 is 0 Å². The molecule has 0 unspecified atom stereocenters. The van der Waals surface area contributed by atoms with Gasteiger partial charge in [0, 0.05) is 11.3 Å². The highest BCUT2D eigenvalue weighted by Gasteiger charge is 2.32. The van der Waals surface area contributed by atoms with Gasteiger partial charge in [0.1, 0.15) is 11.6 Å². The third-order valence-corrected chi connectivity index (χ3v) is 2.70. The topological polar surface area (TPSA) is 35.2 Å². The Balaban J connectivity index is 2.53. The minimum Gasteiger partial charge on any atom is -0.405 e. The summed E-state index contributed by atoms with van der Waals surface area (Å²) in [6, 6.07) is 7.80. The molecule has 0 aliphatic carbocycles. The van der Waals surface area contributed by atoms with Gasteiger partial charge < -0.3 is 10.5 Å². The minimum atomic E-state index is -4.81. The number of rotatable bonds is 2. The third kappa shape index (κ3) is 3.20. The fourth-order valence-corrected chi connectivity index (χ4v) is 1.80. The van der Waals surface area contributed by atoms with E-state index in [1.807, 2.05) is 0 Å². The standard InChI is InChI=1S/C14H11F4NO/c1-8-6-9(2-4-12(8)15)11-7-10(19)3-5-13(11)20-14(16,17)18/h2-7H,19H2,1H3. The quantitative estimate of drug-likeness (QED) is 0.660. The van der Waals surface area contributed by atoms with Gasteiger partial charge in [-0.15, -0.1) is 13.2 Å². The average Bonchev–Trinajstić information content (AvgIpc) is 2.33. The SMILES string of the molecule is Cc1cc(-c2cc(N)ccc2OC(F)(F)F)ccc1F. The molecular formula is C14H11F4NO. The Hall–Kier alpha value is -2.24. The number of aryl methyl sites for hydroxylation is 1. The predicted molar refractivity (Wildman–Crippen MR) is 67.7 cm³/mol. The van der Waals surface area contributed by atoms with E-state index >= 15 is 0 Å². The molecule has 0 aliphatic heterocycles. The summed E-state index contributed by atoms with van der Waals surface area (Å²) in [5.41, 5.74) is 6.75. The Labute approximate surface area is 112 Å². The number of ether oxygens (including phenoxy) is 1. The molecule has 2 rings (SSSR count). The number of hydrogen-bond acceptors (Lipinski definition) is 2. The van der Waals surface area contributed by atoms with Gasteiger partial charge in [-0.3, -0.25) is 0 Å². The maximum atomic E-state index is 13.2. The Morgan fingerprint density at radius 1 is 1.05 bits per heavy atom. The van der Waals surface area contributed by atoms with Gasteiger partial charge in [0.05, 0.1) is 0 Å². The van der Waals surface area contributed by atoms with Crippen LogP contribution < -0.4 is 10.5 Å². The fourth-order valence-electron chi connectivity index (χ4n) is 1.80. The van der Waals surface area contributed by atoms with Gasteiger partial charge in [0.15, 0.2) is 0 Å². The number of anilines is 1. The van der Waals surface area contributed by atoms with Crippen molar-refractivity contribution in [1.29, 1.82) is 0 Å². The number of halogens is 4. The van der Waals surface area contributed by atoms with Gasteiger partial charge in [-0.1, -0.05) is 6.07 Å². The lowest BCUT2D eigenvalue weighted by Crippen LogP contribution is -2.17. The Morgan fingerprint density at radius 3 is 2.35 bits per heavy atom. The average molecular weight is 285 g/mol. The van der Waals surface area contributed by atoms with Gasteiger partial charge in [0.2, 0.25) is 0 Å². The molecule has 0 saturated carbocycles. The van der Waals surface area contributed by atoms with E-state index in [2.05, 4.69) is 4.74 Å². The summed E-state index contributed by atoms with van der Waals surface area (Å²) in [4.78, 5) is 0. The molecule has 0 amide bonds. The molecule has 0 radical (unpaired) electrons. The largest absolute Gasteiger partial charge is 0.573 e. The molecule has 0 fully saturated rings. The van der Waals surface area contributed by atoms with Crippen LogP contribution in [0.25, 0.3) is 11.1 Å². The molecule has 0 saturated heterocycles. The van der Waals surface area contributed by atoms with E-state index in [9.17, 15) is 17.6 Å². The number of hydrogen-bond donors (Lipinski definition) is 1. The summed E-state index contributed by atoms with van der Waals surface area (Å²) in [7, 11) is 0. The first-order valence-corrected chi connectivity index (χ1v) is 5.68. The van der Waals surface area contributed by atoms with Gasteiger partial charge in [-0.25, -0.2) is 4.39 Å². The number of benzene rings is 2. The third-order valence-electron chi connectivity index (χ3n) is 2.70. The van der Waals surface area contributed by atoms with Gasteiger partial charge in [-0.2, -0.15) is 0 Å². The van der Waals surface area contributed by atoms with Crippen LogP contribution in [-0.2, 0) is 0 Å². The molecule has 0 aliphatic rings. The maximum Gasteiger partial charge on any atom is 0.573 e. The van der Waals surface area contributed by atoms with Gasteiger partial charge >= 0.3 is 6.36 Å². The van der Waals surface area contributed by atoms with Crippen LogP contribution in [0.2, 0.25) is 0 Å². The number of nitrogen functional groups attached to an aromatic ring is 1. The van der Waals surface area contributed by atoms with E-state index in [4.69, 9.17) is 5.73 Å². The zero-order valence-electron chi connectivity index (χ0n) is 10.5.